The van der Waals surface area contributed by atoms with Gasteiger partial charge in [0.15, 0.2) is 0 Å². The minimum absolute atomic E-state index is 0.0164. The van der Waals surface area contributed by atoms with Gasteiger partial charge in [0, 0.05) is 18.7 Å². The van der Waals surface area contributed by atoms with Gasteiger partial charge in [0.2, 0.25) is 0 Å². The van der Waals surface area contributed by atoms with E-state index in [4.69, 9.17) is 4.74 Å². The third-order valence-corrected chi connectivity index (χ3v) is 4.92. The maximum Gasteiger partial charge on any atom is 0.254 e. The molecule has 3 rings (SSSR count). The van der Waals surface area contributed by atoms with Gasteiger partial charge in [-0.25, -0.2) is 4.39 Å². The largest absolute Gasteiger partial charge is 0.489 e. The summed E-state index contributed by atoms with van der Waals surface area (Å²) in [6, 6.07) is 22.0. The summed E-state index contributed by atoms with van der Waals surface area (Å²) in [7, 11) is 0. The summed E-state index contributed by atoms with van der Waals surface area (Å²) < 4.78 is 19.2. The molecule has 0 aliphatic heterocycles. The summed E-state index contributed by atoms with van der Waals surface area (Å²) in [4.78, 5) is 14.9. The van der Waals surface area contributed by atoms with Crippen molar-refractivity contribution in [2.24, 2.45) is 0 Å². The first kappa shape index (κ1) is 20.6. The zero-order chi connectivity index (χ0) is 20.6. The van der Waals surface area contributed by atoms with E-state index in [1.54, 1.807) is 17.0 Å². The lowest BCUT2D eigenvalue weighted by Crippen LogP contribution is -2.31. The molecular formula is C25H26FNO2. The third-order valence-electron chi connectivity index (χ3n) is 4.92. The predicted molar refractivity (Wildman–Crippen MR) is 114 cm³/mol. The number of nitrogens with zero attached hydrogens (tertiary/aromatic N) is 1. The van der Waals surface area contributed by atoms with Crippen LogP contribution in [0, 0.1) is 5.82 Å². The van der Waals surface area contributed by atoms with Crippen LogP contribution >= 0.6 is 0 Å². The average molecular weight is 391 g/mol. The molecule has 29 heavy (non-hydrogen) atoms. The number of hydrogen-bond acceptors (Lipinski definition) is 2. The van der Waals surface area contributed by atoms with Crippen molar-refractivity contribution < 1.29 is 13.9 Å². The standard InChI is InChI=1S/C25H26FNO2/c1-3-27(4-2)25(28)24-17-23(29-18-20-8-6-5-7-9-20)15-12-21(24)16-19-10-13-22(26)14-11-19/h5-15,17H,3-4,16,18H2,1-2H3. The van der Waals surface area contributed by atoms with E-state index in [0.29, 0.717) is 37.4 Å². The monoisotopic (exact) mass is 391 g/mol. The van der Waals surface area contributed by atoms with E-state index in [1.165, 1.54) is 12.1 Å². The quantitative estimate of drug-likeness (QED) is 0.509. The van der Waals surface area contributed by atoms with Gasteiger partial charge in [-0.3, -0.25) is 4.79 Å². The van der Waals surface area contributed by atoms with Gasteiger partial charge < -0.3 is 9.64 Å². The van der Waals surface area contributed by atoms with Crippen LogP contribution in [-0.2, 0) is 13.0 Å². The van der Waals surface area contributed by atoms with Crippen molar-refractivity contribution in [1.82, 2.24) is 4.90 Å². The van der Waals surface area contributed by atoms with Gasteiger partial charge in [0.1, 0.15) is 18.2 Å². The third kappa shape index (κ3) is 5.44. The topological polar surface area (TPSA) is 29.5 Å². The van der Waals surface area contributed by atoms with Crippen LogP contribution < -0.4 is 4.74 Å². The SMILES string of the molecule is CCN(CC)C(=O)c1cc(OCc2ccccc2)ccc1Cc1ccc(F)cc1. The van der Waals surface area contributed by atoms with Crippen LogP contribution in [-0.4, -0.2) is 23.9 Å². The first-order chi connectivity index (χ1) is 14.1. The van der Waals surface area contributed by atoms with Crippen molar-refractivity contribution in [1.29, 1.82) is 0 Å². The Morgan fingerprint density at radius 1 is 0.897 bits per heavy atom. The molecule has 0 N–H and O–H groups in total. The summed E-state index contributed by atoms with van der Waals surface area (Å²) in [6.45, 7) is 5.66. The second kappa shape index (κ2) is 9.87. The summed E-state index contributed by atoms with van der Waals surface area (Å²) in [6.07, 6.45) is 0.557. The molecular weight excluding hydrogens is 365 g/mol. The van der Waals surface area contributed by atoms with Gasteiger partial charge in [0.25, 0.3) is 5.91 Å². The molecule has 4 heteroatoms. The molecule has 1 amide bonds. The molecule has 3 aromatic carbocycles. The van der Waals surface area contributed by atoms with Gasteiger partial charge in [-0.05, 0) is 61.2 Å². The first-order valence-corrected chi connectivity index (χ1v) is 9.94. The highest BCUT2D eigenvalue weighted by molar-refractivity contribution is 5.96. The average Bonchev–Trinajstić information content (AvgIpc) is 2.76. The molecule has 0 saturated heterocycles. The second-order valence-corrected chi connectivity index (χ2v) is 6.87. The zero-order valence-corrected chi connectivity index (χ0v) is 16.9. The fraction of sp³-hybridized carbons (Fsp3) is 0.240. The number of ether oxygens (including phenoxy) is 1. The second-order valence-electron chi connectivity index (χ2n) is 6.87. The van der Waals surface area contributed by atoms with Gasteiger partial charge in [-0.15, -0.1) is 0 Å². The Hall–Kier alpha value is -3.14. The van der Waals surface area contributed by atoms with Crippen LogP contribution in [0.5, 0.6) is 5.75 Å². The van der Waals surface area contributed by atoms with E-state index < -0.39 is 0 Å². The molecule has 150 valence electrons. The molecule has 0 spiro atoms. The molecule has 0 saturated carbocycles. The van der Waals surface area contributed by atoms with Gasteiger partial charge >= 0.3 is 0 Å². The maximum atomic E-state index is 13.2. The molecule has 0 bridgehead atoms. The summed E-state index contributed by atoms with van der Waals surface area (Å²) >= 11 is 0. The van der Waals surface area contributed by atoms with Crippen LogP contribution in [0.25, 0.3) is 0 Å². The van der Waals surface area contributed by atoms with Gasteiger partial charge in [-0.1, -0.05) is 48.5 Å². The Morgan fingerprint density at radius 2 is 1.59 bits per heavy atom. The number of rotatable bonds is 8. The Kier molecular flexibility index (Phi) is 7.01. The number of benzene rings is 3. The summed E-state index contributed by atoms with van der Waals surface area (Å²) in [5.74, 6) is 0.377. The number of carbonyl (C=O) groups is 1. The Morgan fingerprint density at radius 3 is 2.24 bits per heavy atom. The van der Waals surface area contributed by atoms with Crippen LogP contribution in [0.3, 0.4) is 0 Å². The molecule has 3 nitrogen and oxygen atoms in total. The van der Waals surface area contributed by atoms with Crippen molar-refractivity contribution in [2.45, 2.75) is 26.9 Å². The highest BCUT2D eigenvalue weighted by Gasteiger charge is 2.18. The van der Waals surface area contributed by atoms with Crippen LogP contribution in [0.2, 0.25) is 0 Å². The minimum atomic E-state index is -0.266. The van der Waals surface area contributed by atoms with Crippen molar-refractivity contribution in [3.05, 3.63) is 101 Å². The molecule has 0 unspecified atom stereocenters. The summed E-state index contributed by atoms with van der Waals surface area (Å²) in [5, 5.41) is 0. The van der Waals surface area contributed by atoms with Crippen molar-refractivity contribution in [3.63, 3.8) is 0 Å². The molecule has 0 radical (unpaired) electrons. The molecule has 0 fully saturated rings. The highest BCUT2D eigenvalue weighted by atomic mass is 19.1. The molecule has 3 aromatic rings. The zero-order valence-electron chi connectivity index (χ0n) is 16.9. The van der Waals surface area contributed by atoms with E-state index in [9.17, 15) is 9.18 Å². The molecule has 0 aliphatic rings. The maximum absolute atomic E-state index is 13.2. The van der Waals surface area contributed by atoms with E-state index in [0.717, 1.165) is 16.7 Å². The number of amides is 1. The lowest BCUT2D eigenvalue weighted by molar-refractivity contribution is 0.0771. The van der Waals surface area contributed by atoms with Crippen LogP contribution in [0.4, 0.5) is 4.39 Å². The predicted octanol–water partition coefficient (Wildman–Crippen LogP) is 5.48. The van der Waals surface area contributed by atoms with Crippen LogP contribution in [0.1, 0.15) is 40.9 Å². The van der Waals surface area contributed by atoms with E-state index in [1.807, 2.05) is 62.4 Å². The lowest BCUT2D eigenvalue weighted by atomic mass is 9.98. The Balaban J connectivity index is 1.87. The Labute approximate surface area is 171 Å². The van der Waals surface area contributed by atoms with Crippen LogP contribution in [0.15, 0.2) is 72.8 Å². The molecule has 0 aliphatic carbocycles. The number of halogens is 1. The number of hydrogen-bond donors (Lipinski definition) is 0. The van der Waals surface area contributed by atoms with Crippen molar-refractivity contribution in [3.8, 4) is 5.75 Å². The summed E-state index contributed by atoms with van der Waals surface area (Å²) in [5.41, 5.74) is 3.56. The minimum Gasteiger partial charge on any atom is -0.489 e. The van der Waals surface area contributed by atoms with E-state index in [2.05, 4.69) is 0 Å². The van der Waals surface area contributed by atoms with Gasteiger partial charge in [0.05, 0.1) is 0 Å². The number of carbonyl (C=O) groups excluding carboxylic acids is 1. The van der Waals surface area contributed by atoms with E-state index >= 15 is 0 Å². The smallest absolute Gasteiger partial charge is 0.254 e. The fourth-order valence-electron chi connectivity index (χ4n) is 3.24. The normalized spacial score (nSPS) is 10.6. The van der Waals surface area contributed by atoms with Crippen molar-refractivity contribution >= 4 is 5.91 Å². The van der Waals surface area contributed by atoms with E-state index in [-0.39, 0.29) is 11.7 Å². The Bertz CT molecular complexity index is 935. The molecule has 0 heterocycles. The molecule has 0 aromatic heterocycles. The highest BCUT2D eigenvalue weighted by Crippen LogP contribution is 2.23. The van der Waals surface area contributed by atoms with Crippen molar-refractivity contribution in [2.75, 3.05) is 13.1 Å². The lowest BCUT2D eigenvalue weighted by Gasteiger charge is -2.21. The molecule has 0 atom stereocenters. The van der Waals surface area contributed by atoms with Gasteiger partial charge in [-0.2, -0.15) is 0 Å². The fourth-order valence-corrected chi connectivity index (χ4v) is 3.24. The first-order valence-electron chi connectivity index (χ1n) is 9.94.